The smallest absolute Gasteiger partial charge is 0.337 e. The van der Waals surface area contributed by atoms with Crippen LogP contribution in [0.3, 0.4) is 0 Å². The van der Waals surface area contributed by atoms with Crippen molar-refractivity contribution in [1.82, 2.24) is 0 Å². The van der Waals surface area contributed by atoms with Gasteiger partial charge in [0.15, 0.2) is 17.6 Å². The lowest BCUT2D eigenvalue weighted by molar-refractivity contribution is -0.147. The zero-order valence-corrected chi connectivity index (χ0v) is 10.1. The molecule has 1 unspecified atom stereocenters. The molecule has 5 heteroatoms. The zero-order valence-electron chi connectivity index (χ0n) is 10.1. The Kier molecular flexibility index (Phi) is 3.72. The Bertz CT molecular complexity index is 439. The molecule has 0 aliphatic heterocycles. The van der Waals surface area contributed by atoms with Gasteiger partial charge in [0.1, 0.15) is 0 Å². The number of hydrogen-bond acceptors (Lipinski definition) is 4. The van der Waals surface area contributed by atoms with Crippen molar-refractivity contribution >= 4 is 5.97 Å². The molecule has 98 valence electrons. The summed E-state index contributed by atoms with van der Waals surface area (Å²) in [6.45, 7) is 0. The molecule has 0 saturated heterocycles. The van der Waals surface area contributed by atoms with Gasteiger partial charge in [-0.25, -0.2) is 4.79 Å². The van der Waals surface area contributed by atoms with Crippen LogP contribution >= 0.6 is 0 Å². The monoisotopic (exact) mass is 252 g/mol. The van der Waals surface area contributed by atoms with Gasteiger partial charge in [-0.15, -0.1) is 0 Å². The topological polar surface area (TPSA) is 76.0 Å². The second-order valence-electron chi connectivity index (χ2n) is 4.29. The maximum atomic E-state index is 10.9. The number of aliphatic hydroxyl groups is 1. The maximum absolute atomic E-state index is 10.9. The van der Waals surface area contributed by atoms with E-state index in [9.17, 15) is 9.90 Å². The van der Waals surface area contributed by atoms with Gasteiger partial charge in [-0.2, -0.15) is 0 Å². The molecular formula is C13H16O5. The third-order valence-electron chi connectivity index (χ3n) is 3.09. The minimum Gasteiger partial charge on any atom is -0.493 e. The zero-order chi connectivity index (χ0) is 13.1. The first-order valence-corrected chi connectivity index (χ1v) is 5.88. The summed E-state index contributed by atoms with van der Waals surface area (Å²) in [5.74, 6) is -0.527. The number of ether oxygens (including phenoxy) is 2. The van der Waals surface area contributed by atoms with Gasteiger partial charge in [0, 0.05) is 5.56 Å². The summed E-state index contributed by atoms with van der Waals surface area (Å²) in [6.07, 6.45) is 1.48. The summed E-state index contributed by atoms with van der Waals surface area (Å²) >= 11 is 0. The number of para-hydroxylation sites is 1. The van der Waals surface area contributed by atoms with Crippen LogP contribution in [-0.2, 0) is 4.79 Å². The first-order valence-electron chi connectivity index (χ1n) is 5.88. The molecule has 5 nitrogen and oxygen atoms in total. The number of aliphatic hydroxyl groups excluding tert-OH is 1. The van der Waals surface area contributed by atoms with Gasteiger partial charge < -0.3 is 19.7 Å². The van der Waals surface area contributed by atoms with Gasteiger partial charge in [-0.05, 0) is 25.3 Å². The third kappa shape index (κ3) is 2.41. The molecule has 0 heterocycles. The van der Waals surface area contributed by atoms with Crippen molar-refractivity contribution in [2.45, 2.75) is 31.5 Å². The van der Waals surface area contributed by atoms with Crippen LogP contribution < -0.4 is 9.47 Å². The Hall–Kier alpha value is -1.75. The lowest BCUT2D eigenvalue weighted by Crippen LogP contribution is -2.26. The van der Waals surface area contributed by atoms with E-state index in [1.54, 1.807) is 12.1 Å². The first-order chi connectivity index (χ1) is 8.63. The second kappa shape index (κ2) is 5.27. The van der Waals surface area contributed by atoms with Crippen molar-refractivity contribution in [2.75, 3.05) is 7.11 Å². The van der Waals surface area contributed by atoms with Gasteiger partial charge in [-0.1, -0.05) is 12.1 Å². The lowest BCUT2D eigenvalue weighted by atomic mass is 9.96. The van der Waals surface area contributed by atoms with Crippen LogP contribution in [0.25, 0.3) is 0 Å². The van der Waals surface area contributed by atoms with Crippen LogP contribution in [0.1, 0.15) is 30.9 Å². The van der Waals surface area contributed by atoms with Gasteiger partial charge >= 0.3 is 5.97 Å². The fourth-order valence-corrected chi connectivity index (χ4v) is 1.82. The quantitative estimate of drug-likeness (QED) is 0.834. The van der Waals surface area contributed by atoms with E-state index in [0.29, 0.717) is 11.5 Å². The van der Waals surface area contributed by atoms with Gasteiger partial charge in [0.25, 0.3) is 0 Å². The van der Waals surface area contributed by atoms with Crippen LogP contribution in [0.15, 0.2) is 18.2 Å². The molecule has 0 spiro atoms. The molecule has 1 aliphatic rings. The van der Waals surface area contributed by atoms with Crippen molar-refractivity contribution < 1.29 is 24.5 Å². The van der Waals surface area contributed by atoms with E-state index in [2.05, 4.69) is 0 Å². The van der Waals surface area contributed by atoms with Crippen LogP contribution in [-0.4, -0.2) is 29.4 Å². The van der Waals surface area contributed by atoms with Gasteiger partial charge in [0.05, 0.1) is 13.2 Å². The highest BCUT2D eigenvalue weighted by Crippen LogP contribution is 2.38. The number of benzene rings is 1. The van der Waals surface area contributed by atoms with E-state index in [4.69, 9.17) is 14.6 Å². The predicted molar refractivity (Wildman–Crippen MR) is 63.9 cm³/mol. The largest absolute Gasteiger partial charge is 0.493 e. The number of carboxylic acids is 1. The van der Waals surface area contributed by atoms with Crippen molar-refractivity contribution in [2.24, 2.45) is 0 Å². The highest BCUT2D eigenvalue weighted by Gasteiger charge is 2.27. The molecule has 0 bridgehead atoms. The minimum absolute atomic E-state index is 0.0843. The molecule has 1 aliphatic carbocycles. The number of carboxylic acid groups (broad SMARTS) is 1. The molecule has 1 atom stereocenters. The molecule has 1 aromatic carbocycles. The van der Waals surface area contributed by atoms with Crippen molar-refractivity contribution in [3.63, 3.8) is 0 Å². The molecule has 2 rings (SSSR count). The molecule has 0 amide bonds. The Morgan fingerprint density at radius 3 is 2.67 bits per heavy atom. The summed E-state index contributed by atoms with van der Waals surface area (Å²) in [5.41, 5.74) is 0.230. The second-order valence-corrected chi connectivity index (χ2v) is 4.29. The average Bonchev–Trinajstić information content (AvgIpc) is 2.32. The van der Waals surface area contributed by atoms with E-state index in [0.717, 1.165) is 19.3 Å². The average molecular weight is 252 g/mol. The Morgan fingerprint density at radius 1 is 1.44 bits per heavy atom. The molecule has 0 aromatic heterocycles. The fourth-order valence-electron chi connectivity index (χ4n) is 1.82. The van der Waals surface area contributed by atoms with Crippen LogP contribution in [0.5, 0.6) is 11.5 Å². The molecule has 1 fully saturated rings. The Morgan fingerprint density at radius 2 is 2.17 bits per heavy atom. The molecule has 1 aromatic rings. The van der Waals surface area contributed by atoms with Crippen LogP contribution in [0.4, 0.5) is 0 Å². The Labute approximate surface area is 105 Å². The van der Waals surface area contributed by atoms with Crippen LogP contribution in [0, 0.1) is 0 Å². The molecule has 2 N–H and O–H groups in total. The van der Waals surface area contributed by atoms with Crippen LogP contribution in [0.2, 0.25) is 0 Å². The maximum Gasteiger partial charge on any atom is 0.337 e. The predicted octanol–water partition coefficient (Wildman–Crippen LogP) is 1.74. The van der Waals surface area contributed by atoms with E-state index < -0.39 is 12.1 Å². The molecular weight excluding hydrogens is 236 g/mol. The third-order valence-corrected chi connectivity index (χ3v) is 3.09. The van der Waals surface area contributed by atoms with E-state index in [1.807, 2.05) is 0 Å². The summed E-state index contributed by atoms with van der Waals surface area (Å²) in [7, 11) is 1.49. The lowest BCUT2D eigenvalue weighted by Gasteiger charge is -2.28. The number of methoxy groups -OCH3 is 1. The summed E-state index contributed by atoms with van der Waals surface area (Å²) in [6, 6.07) is 4.86. The van der Waals surface area contributed by atoms with E-state index in [1.165, 1.54) is 13.2 Å². The number of rotatable bonds is 5. The number of carbonyl (C=O) groups is 1. The van der Waals surface area contributed by atoms with Crippen molar-refractivity contribution in [1.29, 1.82) is 0 Å². The first kappa shape index (κ1) is 12.7. The van der Waals surface area contributed by atoms with Crippen molar-refractivity contribution in [3.8, 4) is 11.5 Å². The highest BCUT2D eigenvalue weighted by molar-refractivity contribution is 5.75. The van der Waals surface area contributed by atoms with E-state index >= 15 is 0 Å². The summed E-state index contributed by atoms with van der Waals surface area (Å²) < 4.78 is 10.9. The molecule has 1 saturated carbocycles. The number of aliphatic carboxylic acids is 1. The summed E-state index contributed by atoms with van der Waals surface area (Å²) in [4.78, 5) is 10.9. The molecule has 18 heavy (non-hydrogen) atoms. The highest BCUT2D eigenvalue weighted by atomic mass is 16.5. The standard InChI is InChI=1S/C13H16O5/c1-17-10-7-3-6-9(11(14)13(15)16)12(10)18-8-4-2-5-8/h3,6-8,11,14H,2,4-5H2,1H3,(H,15,16). The normalized spacial score (nSPS) is 16.8. The fraction of sp³-hybridized carbons (Fsp3) is 0.462. The van der Waals surface area contributed by atoms with Gasteiger partial charge in [-0.3, -0.25) is 0 Å². The SMILES string of the molecule is COc1cccc(C(O)C(=O)O)c1OC1CCC1. The summed E-state index contributed by atoms with van der Waals surface area (Å²) in [5, 5.41) is 18.5. The van der Waals surface area contributed by atoms with E-state index in [-0.39, 0.29) is 11.7 Å². The van der Waals surface area contributed by atoms with Gasteiger partial charge in [0.2, 0.25) is 0 Å². The Balaban J connectivity index is 2.33. The number of hydrogen-bond donors (Lipinski definition) is 2. The minimum atomic E-state index is -1.60. The van der Waals surface area contributed by atoms with Crippen molar-refractivity contribution in [3.05, 3.63) is 23.8 Å². The molecule has 0 radical (unpaired) electrons.